The lowest BCUT2D eigenvalue weighted by molar-refractivity contribution is -0.151. The summed E-state index contributed by atoms with van der Waals surface area (Å²) in [4.78, 5) is 12.6. The van der Waals surface area contributed by atoms with E-state index in [4.69, 9.17) is 4.74 Å². The van der Waals surface area contributed by atoms with E-state index in [1.54, 1.807) is 31.2 Å². The molecular weight excluding hydrogens is 314 g/mol. The molecule has 0 spiro atoms. The van der Waals surface area contributed by atoms with E-state index in [0.29, 0.717) is 0 Å². The lowest BCUT2D eigenvalue weighted by Gasteiger charge is -2.45. The predicted octanol–water partition coefficient (Wildman–Crippen LogP) is 2.27. The van der Waals surface area contributed by atoms with E-state index in [-0.39, 0.29) is 23.5 Å². The van der Waals surface area contributed by atoms with Crippen LogP contribution < -0.4 is 0 Å². The summed E-state index contributed by atoms with van der Waals surface area (Å²) in [6.45, 7) is 3.88. The molecule has 0 amide bonds. The topological polar surface area (TPSA) is 63.7 Å². The fourth-order valence-corrected chi connectivity index (χ4v) is 5.16. The molecule has 2 heterocycles. The van der Waals surface area contributed by atoms with Gasteiger partial charge in [0.15, 0.2) is 0 Å². The number of aryl methyl sites for hydroxylation is 1. The zero-order chi connectivity index (χ0) is 16.6. The SMILES string of the molecule is CCOC(=O)[C@@H]1[C@H]2C=C[C@H](CC2)N1S(=O)(=O)c1ccc(C)cc1. The van der Waals surface area contributed by atoms with Crippen molar-refractivity contribution in [1.29, 1.82) is 0 Å². The first-order valence-corrected chi connectivity index (χ1v) is 9.34. The minimum Gasteiger partial charge on any atom is -0.465 e. The number of esters is 1. The zero-order valence-electron chi connectivity index (χ0n) is 13.3. The van der Waals surface area contributed by atoms with Crippen molar-refractivity contribution in [2.45, 2.75) is 43.7 Å². The zero-order valence-corrected chi connectivity index (χ0v) is 14.1. The Morgan fingerprint density at radius 1 is 1.22 bits per heavy atom. The Morgan fingerprint density at radius 3 is 2.48 bits per heavy atom. The summed E-state index contributed by atoms with van der Waals surface area (Å²) in [6, 6.07) is 5.69. The Morgan fingerprint density at radius 2 is 1.91 bits per heavy atom. The molecular formula is C17H21NO4S. The van der Waals surface area contributed by atoms with Crippen LogP contribution in [0.25, 0.3) is 0 Å². The van der Waals surface area contributed by atoms with Crippen molar-refractivity contribution in [2.24, 2.45) is 5.92 Å². The maximum Gasteiger partial charge on any atom is 0.325 e. The number of carbonyl (C=O) groups is 1. The smallest absolute Gasteiger partial charge is 0.325 e. The summed E-state index contributed by atoms with van der Waals surface area (Å²) in [6.07, 6.45) is 5.40. The van der Waals surface area contributed by atoms with E-state index in [1.165, 1.54) is 4.31 Å². The summed E-state index contributed by atoms with van der Waals surface area (Å²) < 4.78 is 32.7. The van der Waals surface area contributed by atoms with Crippen molar-refractivity contribution in [3.8, 4) is 0 Å². The van der Waals surface area contributed by atoms with Crippen molar-refractivity contribution >= 4 is 16.0 Å². The molecule has 0 radical (unpaired) electrons. The van der Waals surface area contributed by atoms with Gasteiger partial charge in [0, 0.05) is 12.0 Å². The molecule has 1 aliphatic carbocycles. The molecule has 2 aliphatic heterocycles. The molecule has 5 nitrogen and oxygen atoms in total. The van der Waals surface area contributed by atoms with Crippen LogP contribution in [0, 0.1) is 12.8 Å². The largest absolute Gasteiger partial charge is 0.465 e. The second kappa shape index (κ2) is 6.09. The number of piperidine rings is 1. The number of carbonyl (C=O) groups excluding carboxylic acids is 1. The van der Waals surface area contributed by atoms with E-state index in [2.05, 4.69) is 0 Å². The molecule has 3 atom stereocenters. The van der Waals surface area contributed by atoms with Gasteiger partial charge >= 0.3 is 5.97 Å². The van der Waals surface area contributed by atoms with Crippen LogP contribution in [-0.2, 0) is 19.6 Å². The molecule has 1 aromatic rings. The maximum absolute atomic E-state index is 13.1. The van der Waals surface area contributed by atoms with Gasteiger partial charge in [-0.1, -0.05) is 29.8 Å². The van der Waals surface area contributed by atoms with Crippen LogP contribution in [0.1, 0.15) is 25.3 Å². The number of benzene rings is 1. The van der Waals surface area contributed by atoms with Gasteiger partial charge in [-0.2, -0.15) is 4.31 Å². The van der Waals surface area contributed by atoms with Crippen LogP contribution in [0.5, 0.6) is 0 Å². The Kier molecular flexibility index (Phi) is 4.29. The molecule has 2 bridgehead atoms. The lowest BCUT2D eigenvalue weighted by atomic mass is 9.82. The van der Waals surface area contributed by atoms with E-state index in [1.807, 2.05) is 19.1 Å². The average Bonchev–Trinajstić information content (AvgIpc) is 2.55. The first-order chi connectivity index (χ1) is 10.9. The van der Waals surface area contributed by atoms with E-state index < -0.39 is 22.0 Å². The normalized spacial score (nSPS) is 27.1. The third-order valence-corrected chi connectivity index (χ3v) is 6.43. The van der Waals surface area contributed by atoms with Crippen LogP contribution in [0.2, 0.25) is 0 Å². The van der Waals surface area contributed by atoms with Crippen LogP contribution >= 0.6 is 0 Å². The van der Waals surface area contributed by atoms with Crippen LogP contribution in [0.4, 0.5) is 0 Å². The molecule has 0 aromatic heterocycles. The number of hydrogen-bond donors (Lipinski definition) is 0. The molecule has 1 saturated heterocycles. The molecule has 0 unspecified atom stereocenters. The molecule has 0 saturated carbocycles. The van der Waals surface area contributed by atoms with Crippen LogP contribution in [-0.4, -0.2) is 37.4 Å². The number of fused-ring (bicyclic) bond motifs is 2. The summed E-state index contributed by atoms with van der Waals surface area (Å²) >= 11 is 0. The highest BCUT2D eigenvalue weighted by atomic mass is 32.2. The second-order valence-corrected chi connectivity index (χ2v) is 7.88. The fraction of sp³-hybridized carbons (Fsp3) is 0.471. The number of rotatable bonds is 4. The maximum atomic E-state index is 13.1. The average molecular weight is 335 g/mol. The van der Waals surface area contributed by atoms with Gasteiger partial charge in [-0.15, -0.1) is 0 Å². The Hall–Kier alpha value is -1.66. The number of sulfonamides is 1. The van der Waals surface area contributed by atoms with Crippen LogP contribution in [0.15, 0.2) is 41.3 Å². The molecule has 4 rings (SSSR count). The minimum atomic E-state index is -3.74. The fourth-order valence-electron chi connectivity index (χ4n) is 3.36. The highest BCUT2D eigenvalue weighted by molar-refractivity contribution is 7.89. The second-order valence-electron chi connectivity index (χ2n) is 6.04. The minimum absolute atomic E-state index is 0.112. The monoisotopic (exact) mass is 335 g/mol. The Bertz CT molecular complexity index is 723. The van der Waals surface area contributed by atoms with Gasteiger partial charge in [-0.25, -0.2) is 8.42 Å². The summed E-state index contributed by atoms with van der Waals surface area (Å²) in [7, 11) is -3.74. The standard InChI is InChI=1S/C17H21NO4S/c1-3-22-17(19)16-13-6-8-14(9-7-13)18(16)23(20,21)15-10-4-12(2)5-11-15/h4-6,8,10-11,13-14,16H,3,7,9H2,1-2H3/t13-,14+,16-/m0/s1. The summed E-state index contributed by atoms with van der Waals surface area (Å²) in [5.41, 5.74) is 0.992. The van der Waals surface area contributed by atoms with Gasteiger partial charge in [-0.05, 0) is 38.8 Å². The van der Waals surface area contributed by atoms with Crippen molar-refractivity contribution in [3.05, 3.63) is 42.0 Å². The van der Waals surface area contributed by atoms with Gasteiger partial charge in [0.1, 0.15) is 6.04 Å². The number of nitrogens with zero attached hydrogens (tertiary/aromatic N) is 1. The van der Waals surface area contributed by atoms with Crippen molar-refractivity contribution in [1.82, 2.24) is 4.31 Å². The van der Waals surface area contributed by atoms with Crippen molar-refractivity contribution in [3.63, 3.8) is 0 Å². The van der Waals surface area contributed by atoms with Gasteiger partial charge in [0.05, 0.1) is 11.5 Å². The molecule has 23 heavy (non-hydrogen) atoms. The lowest BCUT2D eigenvalue weighted by Crippen LogP contribution is -2.58. The van der Waals surface area contributed by atoms with E-state index in [0.717, 1.165) is 18.4 Å². The van der Waals surface area contributed by atoms with Gasteiger partial charge in [-0.3, -0.25) is 4.79 Å². The first kappa shape index (κ1) is 16.2. The Balaban J connectivity index is 2.02. The molecule has 1 fully saturated rings. The van der Waals surface area contributed by atoms with Crippen LogP contribution in [0.3, 0.4) is 0 Å². The highest BCUT2D eigenvalue weighted by Gasteiger charge is 2.49. The molecule has 6 heteroatoms. The van der Waals surface area contributed by atoms with Crippen molar-refractivity contribution < 1.29 is 17.9 Å². The van der Waals surface area contributed by atoms with E-state index >= 15 is 0 Å². The molecule has 124 valence electrons. The Labute approximate surface area is 137 Å². The predicted molar refractivity (Wildman–Crippen MR) is 86.3 cm³/mol. The summed E-state index contributed by atoms with van der Waals surface area (Å²) in [5.74, 6) is -0.568. The third-order valence-electron chi connectivity index (χ3n) is 4.51. The quantitative estimate of drug-likeness (QED) is 0.625. The van der Waals surface area contributed by atoms with Gasteiger partial charge < -0.3 is 4.74 Å². The first-order valence-electron chi connectivity index (χ1n) is 7.90. The number of ether oxygens (including phenoxy) is 1. The van der Waals surface area contributed by atoms with E-state index in [9.17, 15) is 13.2 Å². The number of hydrogen-bond acceptors (Lipinski definition) is 4. The third kappa shape index (κ3) is 2.81. The molecule has 0 N–H and O–H groups in total. The van der Waals surface area contributed by atoms with Crippen molar-refractivity contribution in [2.75, 3.05) is 6.61 Å². The highest BCUT2D eigenvalue weighted by Crippen LogP contribution is 2.39. The summed E-state index contributed by atoms with van der Waals surface area (Å²) in [5, 5.41) is 0. The molecule has 3 aliphatic rings. The van der Waals surface area contributed by atoms with Gasteiger partial charge in [0.2, 0.25) is 10.0 Å². The van der Waals surface area contributed by atoms with Gasteiger partial charge in [0.25, 0.3) is 0 Å². The molecule has 1 aromatic carbocycles.